The number of alkyl halides is 1. The lowest BCUT2D eigenvalue weighted by molar-refractivity contribution is 0.0704. The number of hydrogen-bond donors (Lipinski definition) is 2. The van der Waals surface area contributed by atoms with Crippen molar-refractivity contribution in [1.29, 1.82) is 0 Å². The van der Waals surface area contributed by atoms with Crippen molar-refractivity contribution in [3.05, 3.63) is 57.0 Å². The van der Waals surface area contributed by atoms with Crippen LogP contribution in [0, 0.1) is 6.92 Å². The van der Waals surface area contributed by atoms with E-state index < -0.39 is 17.6 Å². The monoisotopic (exact) mass is 306 g/mol. The number of amides is 1. The van der Waals surface area contributed by atoms with E-state index in [0.29, 0.717) is 6.42 Å². The molecule has 1 aliphatic rings. The van der Waals surface area contributed by atoms with Crippen LogP contribution in [0.4, 0.5) is 4.39 Å². The molecule has 0 saturated carbocycles. The minimum atomic E-state index is -0.987. The number of halogens is 1. The molecule has 0 aromatic carbocycles. The summed E-state index contributed by atoms with van der Waals surface area (Å²) in [6.45, 7) is 4.01. The normalized spacial score (nSPS) is 17.3. The van der Waals surface area contributed by atoms with Gasteiger partial charge in [-0.15, -0.1) is 0 Å². The second-order valence-corrected chi connectivity index (χ2v) is 5.26. The fourth-order valence-corrected chi connectivity index (χ4v) is 2.64. The van der Waals surface area contributed by atoms with Gasteiger partial charge in [0.25, 0.3) is 11.5 Å². The Bertz CT molecular complexity index is 704. The van der Waals surface area contributed by atoms with Crippen molar-refractivity contribution in [3.8, 4) is 0 Å². The largest absolute Gasteiger partial charge is 0.307 e. The number of aromatic nitrogens is 1. The van der Waals surface area contributed by atoms with E-state index >= 15 is 0 Å². The van der Waals surface area contributed by atoms with Crippen molar-refractivity contribution in [2.45, 2.75) is 39.4 Å². The van der Waals surface area contributed by atoms with E-state index in [1.54, 1.807) is 12.2 Å². The lowest BCUT2D eigenvalue weighted by atomic mass is 10.0. The van der Waals surface area contributed by atoms with Gasteiger partial charge in [-0.05, 0) is 30.5 Å². The predicted octanol–water partition coefficient (Wildman–Crippen LogP) is 2.06. The van der Waals surface area contributed by atoms with Crippen LogP contribution < -0.4 is 11.0 Å². The van der Waals surface area contributed by atoms with Gasteiger partial charge >= 0.3 is 0 Å². The van der Waals surface area contributed by atoms with Gasteiger partial charge in [0.1, 0.15) is 11.7 Å². The number of carbonyl (C=O) groups excluding carboxylic acids is 1. The smallest absolute Gasteiger partial charge is 0.280 e. The number of nitrogens with one attached hydrogen (secondary N) is 1. The summed E-state index contributed by atoms with van der Waals surface area (Å²) in [5, 5.41) is 8.76. The number of hydroxylamine groups is 1. The highest BCUT2D eigenvalue weighted by Crippen LogP contribution is 2.17. The van der Waals surface area contributed by atoms with E-state index in [0.717, 1.165) is 16.8 Å². The fraction of sp³-hybridized carbons (Fsp3) is 0.375. The first-order valence-corrected chi connectivity index (χ1v) is 7.17. The van der Waals surface area contributed by atoms with Crippen LogP contribution in [-0.4, -0.2) is 21.9 Å². The number of allylic oxidation sites excluding steroid dienone is 4. The number of nitrogens with zero attached hydrogens (tertiary/aromatic N) is 1. The maximum atomic E-state index is 13.1. The van der Waals surface area contributed by atoms with Gasteiger partial charge in [0.05, 0.1) is 6.54 Å². The molecule has 1 atom stereocenters. The van der Waals surface area contributed by atoms with Gasteiger partial charge in [0.15, 0.2) is 0 Å². The Balaban J connectivity index is 2.49. The zero-order chi connectivity index (χ0) is 16.3. The van der Waals surface area contributed by atoms with Crippen molar-refractivity contribution < 1.29 is 14.4 Å². The summed E-state index contributed by atoms with van der Waals surface area (Å²) in [6, 6.07) is 1.48. The SMILES string of the molecule is CCc1c(C)cc(C(=O)NO)c(=O)n1CC1=CCC(F)C=C1. The average molecular weight is 306 g/mol. The first-order chi connectivity index (χ1) is 10.5. The van der Waals surface area contributed by atoms with E-state index in [4.69, 9.17) is 5.21 Å². The molecule has 0 radical (unpaired) electrons. The zero-order valence-corrected chi connectivity index (χ0v) is 12.6. The summed E-state index contributed by atoms with van der Waals surface area (Å²) < 4.78 is 14.6. The first-order valence-electron chi connectivity index (χ1n) is 7.17. The van der Waals surface area contributed by atoms with E-state index in [1.165, 1.54) is 22.2 Å². The molecule has 0 bridgehead atoms. The predicted molar refractivity (Wildman–Crippen MR) is 80.8 cm³/mol. The minimum Gasteiger partial charge on any atom is -0.307 e. The summed E-state index contributed by atoms with van der Waals surface area (Å²) in [7, 11) is 0. The fourth-order valence-electron chi connectivity index (χ4n) is 2.64. The van der Waals surface area contributed by atoms with E-state index in [9.17, 15) is 14.0 Å². The van der Waals surface area contributed by atoms with Crippen LogP contribution in [0.2, 0.25) is 0 Å². The Labute approximate surface area is 127 Å². The molecule has 1 unspecified atom stereocenters. The van der Waals surface area contributed by atoms with Crippen LogP contribution in [0.25, 0.3) is 0 Å². The van der Waals surface area contributed by atoms with Gasteiger partial charge in [-0.1, -0.05) is 25.2 Å². The van der Waals surface area contributed by atoms with Crippen molar-refractivity contribution in [2.24, 2.45) is 0 Å². The molecule has 1 amide bonds. The lowest BCUT2D eigenvalue weighted by Gasteiger charge is -2.18. The first kappa shape index (κ1) is 16.2. The van der Waals surface area contributed by atoms with Crippen molar-refractivity contribution in [3.63, 3.8) is 0 Å². The van der Waals surface area contributed by atoms with Gasteiger partial charge < -0.3 is 4.57 Å². The molecule has 1 aliphatic carbocycles. The number of rotatable bonds is 4. The molecule has 22 heavy (non-hydrogen) atoms. The lowest BCUT2D eigenvalue weighted by Crippen LogP contribution is -2.34. The highest BCUT2D eigenvalue weighted by molar-refractivity contribution is 5.93. The van der Waals surface area contributed by atoms with Crippen LogP contribution in [0.1, 0.15) is 35.0 Å². The van der Waals surface area contributed by atoms with Crippen molar-refractivity contribution in [2.75, 3.05) is 0 Å². The maximum absolute atomic E-state index is 13.1. The summed E-state index contributed by atoms with van der Waals surface area (Å²) >= 11 is 0. The molecule has 0 fully saturated rings. The maximum Gasteiger partial charge on any atom is 0.280 e. The summed E-state index contributed by atoms with van der Waals surface area (Å²) in [6.07, 6.45) is 4.81. The second kappa shape index (κ2) is 6.70. The molecule has 2 N–H and O–H groups in total. The Morgan fingerprint density at radius 3 is 2.82 bits per heavy atom. The molecule has 1 aromatic rings. The number of carbonyl (C=O) groups is 1. The van der Waals surface area contributed by atoms with Crippen LogP contribution in [0.5, 0.6) is 0 Å². The molecule has 0 saturated heterocycles. The van der Waals surface area contributed by atoms with Crippen molar-refractivity contribution >= 4 is 5.91 Å². The summed E-state index contributed by atoms with van der Waals surface area (Å²) in [4.78, 5) is 24.1. The standard InChI is InChI=1S/C16H19FN2O3/c1-3-14-10(2)8-13(15(20)18-22)16(21)19(14)9-11-4-6-12(17)7-5-11/h4-6,8,12,22H,3,7,9H2,1-2H3,(H,18,20). The number of hydrogen-bond acceptors (Lipinski definition) is 3. The Morgan fingerprint density at radius 2 is 2.27 bits per heavy atom. The van der Waals surface area contributed by atoms with Gasteiger partial charge in [-0.25, -0.2) is 9.87 Å². The zero-order valence-electron chi connectivity index (χ0n) is 12.6. The van der Waals surface area contributed by atoms with Gasteiger partial charge in [-0.2, -0.15) is 0 Å². The molecular formula is C16H19FN2O3. The molecule has 1 heterocycles. The molecule has 1 aromatic heterocycles. The van der Waals surface area contributed by atoms with E-state index in [2.05, 4.69) is 0 Å². The Kier molecular flexibility index (Phi) is 4.92. The van der Waals surface area contributed by atoms with Gasteiger partial charge in [0, 0.05) is 12.1 Å². The van der Waals surface area contributed by atoms with Crippen LogP contribution >= 0.6 is 0 Å². The third kappa shape index (κ3) is 3.17. The van der Waals surface area contributed by atoms with Crippen LogP contribution in [-0.2, 0) is 13.0 Å². The molecule has 5 nitrogen and oxygen atoms in total. The van der Waals surface area contributed by atoms with Gasteiger partial charge in [0.2, 0.25) is 0 Å². The average Bonchev–Trinajstić information content (AvgIpc) is 2.52. The summed E-state index contributed by atoms with van der Waals surface area (Å²) in [5.74, 6) is -0.832. The highest BCUT2D eigenvalue weighted by Gasteiger charge is 2.17. The summed E-state index contributed by atoms with van der Waals surface area (Å²) in [5.41, 5.74) is 3.35. The van der Waals surface area contributed by atoms with Crippen LogP contribution in [0.15, 0.2) is 34.7 Å². The molecular weight excluding hydrogens is 287 g/mol. The molecule has 2 rings (SSSR count). The van der Waals surface area contributed by atoms with Crippen LogP contribution in [0.3, 0.4) is 0 Å². The number of aryl methyl sites for hydroxylation is 1. The Morgan fingerprint density at radius 1 is 1.55 bits per heavy atom. The van der Waals surface area contributed by atoms with Crippen molar-refractivity contribution in [1.82, 2.24) is 10.0 Å². The molecule has 6 heteroatoms. The minimum absolute atomic E-state index is 0.110. The Hall–Kier alpha value is -2.21. The molecule has 0 spiro atoms. The van der Waals surface area contributed by atoms with E-state index in [-0.39, 0.29) is 18.5 Å². The molecule has 0 aliphatic heterocycles. The third-order valence-electron chi connectivity index (χ3n) is 3.76. The number of pyridine rings is 1. The van der Waals surface area contributed by atoms with E-state index in [1.807, 2.05) is 13.8 Å². The molecule has 118 valence electrons. The second-order valence-electron chi connectivity index (χ2n) is 5.26. The third-order valence-corrected chi connectivity index (χ3v) is 3.76. The topological polar surface area (TPSA) is 71.3 Å². The quantitative estimate of drug-likeness (QED) is 0.661. The van der Waals surface area contributed by atoms with Gasteiger partial charge in [-0.3, -0.25) is 14.8 Å². The highest BCUT2D eigenvalue weighted by atomic mass is 19.1.